The number of hydrogen-bond donors (Lipinski definition) is 1. The summed E-state index contributed by atoms with van der Waals surface area (Å²) in [6.45, 7) is 9.21. The van der Waals surface area contributed by atoms with E-state index in [9.17, 15) is 8.42 Å². The van der Waals surface area contributed by atoms with Gasteiger partial charge >= 0.3 is 0 Å². The Morgan fingerprint density at radius 1 is 1.37 bits per heavy atom. The van der Waals surface area contributed by atoms with Crippen LogP contribution in [0.25, 0.3) is 0 Å². The van der Waals surface area contributed by atoms with E-state index in [0.717, 1.165) is 25.8 Å². The zero-order valence-electron chi connectivity index (χ0n) is 13.1. The lowest BCUT2D eigenvalue weighted by Crippen LogP contribution is -2.41. The molecule has 1 rings (SSSR count). The minimum atomic E-state index is -3.02. The predicted octanol–water partition coefficient (Wildman–Crippen LogP) is 1.93. The zero-order valence-corrected chi connectivity index (χ0v) is 13.9. The van der Waals surface area contributed by atoms with Gasteiger partial charge < -0.3 is 5.32 Å². The third-order valence-corrected chi connectivity index (χ3v) is 5.51. The first-order chi connectivity index (χ1) is 8.64. The maximum Gasteiger partial charge on any atom is 0.211 e. The molecule has 0 radical (unpaired) electrons. The van der Waals surface area contributed by atoms with E-state index < -0.39 is 10.0 Å². The van der Waals surface area contributed by atoms with E-state index in [1.54, 1.807) is 4.31 Å². The molecule has 0 bridgehead atoms. The lowest BCUT2D eigenvalue weighted by molar-refractivity contribution is 0.158. The molecule has 0 aliphatic carbocycles. The molecule has 2 atom stereocenters. The molecule has 0 aromatic rings. The number of piperidine rings is 1. The molecule has 1 aliphatic rings. The van der Waals surface area contributed by atoms with Gasteiger partial charge in [-0.1, -0.05) is 20.8 Å². The van der Waals surface area contributed by atoms with Crippen LogP contribution in [0.4, 0.5) is 0 Å². The van der Waals surface area contributed by atoms with E-state index in [2.05, 4.69) is 26.1 Å². The molecule has 114 valence electrons. The van der Waals surface area contributed by atoms with Crippen molar-refractivity contribution in [3.05, 3.63) is 0 Å². The first-order valence-corrected chi connectivity index (χ1v) is 9.09. The zero-order chi connectivity index (χ0) is 14.7. The van der Waals surface area contributed by atoms with Crippen LogP contribution in [-0.4, -0.2) is 45.7 Å². The molecule has 2 unspecified atom stereocenters. The first-order valence-electron chi connectivity index (χ1n) is 7.24. The quantitative estimate of drug-likeness (QED) is 0.842. The van der Waals surface area contributed by atoms with Gasteiger partial charge in [-0.2, -0.15) is 0 Å². The van der Waals surface area contributed by atoms with Crippen LogP contribution in [0, 0.1) is 17.3 Å². The second kappa shape index (κ2) is 6.55. The van der Waals surface area contributed by atoms with Gasteiger partial charge in [0.1, 0.15) is 0 Å². The van der Waals surface area contributed by atoms with Gasteiger partial charge in [0.2, 0.25) is 10.0 Å². The molecule has 0 spiro atoms. The Kier molecular flexibility index (Phi) is 5.83. The van der Waals surface area contributed by atoms with Crippen molar-refractivity contribution in [1.29, 1.82) is 0 Å². The Bertz CT molecular complexity index is 373. The lowest BCUT2D eigenvalue weighted by atomic mass is 9.74. The van der Waals surface area contributed by atoms with Crippen LogP contribution < -0.4 is 5.32 Å². The van der Waals surface area contributed by atoms with Crippen molar-refractivity contribution < 1.29 is 8.42 Å². The van der Waals surface area contributed by atoms with Gasteiger partial charge in [-0.25, -0.2) is 12.7 Å². The van der Waals surface area contributed by atoms with Crippen LogP contribution in [0.2, 0.25) is 0 Å². The monoisotopic (exact) mass is 290 g/mol. The van der Waals surface area contributed by atoms with Gasteiger partial charge in [0.15, 0.2) is 0 Å². The Balaban J connectivity index is 2.64. The molecule has 0 aromatic heterocycles. The third-order valence-electron chi connectivity index (χ3n) is 4.24. The fraction of sp³-hybridized carbons (Fsp3) is 1.00. The van der Waals surface area contributed by atoms with E-state index >= 15 is 0 Å². The average molecular weight is 290 g/mol. The highest BCUT2D eigenvalue weighted by Gasteiger charge is 2.31. The summed E-state index contributed by atoms with van der Waals surface area (Å²) >= 11 is 0. The first kappa shape index (κ1) is 16.9. The van der Waals surface area contributed by atoms with E-state index in [1.807, 2.05) is 7.05 Å². The summed E-state index contributed by atoms with van der Waals surface area (Å²) in [7, 11) is -1.04. The standard InChI is InChI=1S/C14H30N2O2S/c1-14(2,3)13(10-15-4)9-12-7-6-8-16(11-12)19(5,17)18/h12-13,15H,6-11H2,1-5H3. The van der Waals surface area contributed by atoms with Crippen LogP contribution >= 0.6 is 0 Å². The van der Waals surface area contributed by atoms with Gasteiger partial charge in [0.05, 0.1) is 6.26 Å². The van der Waals surface area contributed by atoms with Crippen LogP contribution in [0.15, 0.2) is 0 Å². The lowest BCUT2D eigenvalue weighted by Gasteiger charge is -2.37. The number of hydrogen-bond acceptors (Lipinski definition) is 3. The van der Waals surface area contributed by atoms with Crippen molar-refractivity contribution in [3.8, 4) is 0 Å². The molecule has 0 saturated carbocycles. The Morgan fingerprint density at radius 3 is 2.47 bits per heavy atom. The van der Waals surface area contributed by atoms with Crippen molar-refractivity contribution in [1.82, 2.24) is 9.62 Å². The minimum Gasteiger partial charge on any atom is -0.319 e. The van der Waals surface area contributed by atoms with E-state index in [1.165, 1.54) is 6.26 Å². The highest BCUT2D eigenvalue weighted by Crippen LogP contribution is 2.34. The molecule has 1 N–H and O–H groups in total. The summed E-state index contributed by atoms with van der Waals surface area (Å²) in [5.41, 5.74) is 0.260. The molecule has 1 heterocycles. The fourth-order valence-corrected chi connectivity index (χ4v) is 3.85. The van der Waals surface area contributed by atoms with Gasteiger partial charge in [0, 0.05) is 13.1 Å². The smallest absolute Gasteiger partial charge is 0.211 e. The van der Waals surface area contributed by atoms with Gasteiger partial charge in [-0.15, -0.1) is 0 Å². The van der Waals surface area contributed by atoms with Crippen molar-refractivity contribution >= 4 is 10.0 Å². The summed E-state index contributed by atoms with van der Waals surface area (Å²) in [6, 6.07) is 0. The highest BCUT2D eigenvalue weighted by molar-refractivity contribution is 7.88. The van der Waals surface area contributed by atoms with Crippen LogP contribution in [-0.2, 0) is 10.0 Å². The van der Waals surface area contributed by atoms with Crippen molar-refractivity contribution in [2.45, 2.75) is 40.0 Å². The summed E-state index contributed by atoms with van der Waals surface area (Å²) in [4.78, 5) is 0. The maximum atomic E-state index is 11.7. The number of sulfonamides is 1. The second-order valence-electron chi connectivity index (χ2n) is 6.99. The second-order valence-corrected chi connectivity index (χ2v) is 8.97. The topological polar surface area (TPSA) is 49.4 Å². The van der Waals surface area contributed by atoms with Crippen molar-refractivity contribution in [2.24, 2.45) is 17.3 Å². The van der Waals surface area contributed by atoms with Crippen molar-refractivity contribution in [2.75, 3.05) is 32.9 Å². The SMILES string of the molecule is CNCC(CC1CCCN(S(C)(=O)=O)C1)C(C)(C)C. The van der Waals surface area contributed by atoms with Gasteiger partial charge in [-0.3, -0.25) is 0 Å². The summed E-state index contributed by atoms with van der Waals surface area (Å²) in [6.07, 6.45) is 4.58. The van der Waals surface area contributed by atoms with Crippen LogP contribution in [0.1, 0.15) is 40.0 Å². The molecule has 0 aromatic carbocycles. The summed E-state index contributed by atoms with van der Waals surface area (Å²) in [5, 5.41) is 3.27. The molecule has 4 nitrogen and oxygen atoms in total. The number of nitrogens with one attached hydrogen (secondary N) is 1. The highest BCUT2D eigenvalue weighted by atomic mass is 32.2. The number of rotatable bonds is 5. The molecule has 1 fully saturated rings. The van der Waals surface area contributed by atoms with Crippen LogP contribution in [0.5, 0.6) is 0 Å². The molecule has 1 aliphatic heterocycles. The maximum absolute atomic E-state index is 11.7. The Hall–Kier alpha value is -0.130. The van der Waals surface area contributed by atoms with Crippen LogP contribution in [0.3, 0.4) is 0 Å². The summed E-state index contributed by atoms with van der Waals surface area (Å²) in [5.74, 6) is 1.09. The molecule has 19 heavy (non-hydrogen) atoms. The molecule has 5 heteroatoms. The van der Waals surface area contributed by atoms with Gasteiger partial charge in [-0.05, 0) is 50.1 Å². The van der Waals surface area contributed by atoms with E-state index in [0.29, 0.717) is 24.9 Å². The Morgan fingerprint density at radius 2 is 2.00 bits per heavy atom. The normalized spacial score (nSPS) is 24.4. The van der Waals surface area contributed by atoms with E-state index in [-0.39, 0.29) is 5.41 Å². The third kappa shape index (κ3) is 5.40. The minimum absolute atomic E-state index is 0.260. The largest absolute Gasteiger partial charge is 0.319 e. The molecular formula is C14H30N2O2S. The van der Waals surface area contributed by atoms with E-state index in [4.69, 9.17) is 0 Å². The average Bonchev–Trinajstić information content (AvgIpc) is 2.26. The molecular weight excluding hydrogens is 260 g/mol. The van der Waals surface area contributed by atoms with Gasteiger partial charge in [0.25, 0.3) is 0 Å². The predicted molar refractivity (Wildman–Crippen MR) is 80.6 cm³/mol. The fourth-order valence-electron chi connectivity index (χ4n) is 2.91. The molecule has 1 saturated heterocycles. The summed E-state index contributed by atoms with van der Waals surface area (Å²) < 4.78 is 25.0. The number of nitrogens with zero attached hydrogens (tertiary/aromatic N) is 1. The Labute approximate surface area is 119 Å². The molecule has 0 amide bonds. The van der Waals surface area contributed by atoms with Crippen molar-refractivity contribution in [3.63, 3.8) is 0 Å².